The van der Waals surface area contributed by atoms with E-state index in [0.29, 0.717) is 29.9 Å². The van der Waals surface area contributed by atoms with Crippen molar-refractivity contribution in [3.63, 3.8) is 0 Å². The van der Waals surface area contributed by atoms with Gasteiger partial charge in [0.1, 0.15) is 5.75 Å². The first-order valence-corrected chi connectivity index (χ1v) is 11.0. The second kappa shape index (κ2) is 11.6. The Hall–Kier alpha value is -4.18. The molecule has 34 heavy (non-hydrogen) atoms. The van der Waals surface area contributed by atoms with Gasteiger partial charge in [0.15, 0.2) is 0 Å². The molecule has 172 valence electrons. The van der Waals surface area contributed by atoms with E-state index < -0.39 is 5.97 Å². The highest BCUT2D eigenvalue weighted by Gasteiger charge is 2.06. The molecule has 0 aliphatic rings. The molecule has 0 spiro atoms. The highest BCUT2D eigenvalue weighted by molar-refractivity contribution is 5.89. The van der Waals surface area contributed by atoms with Gasteiger partial charge in [0.05, 0.1) is 6.61 Å². The van der Waals surface area contributed by atoms with Crippen molar-refractivity contribution in [3.8, 4) is 28.0 Å². The van der Waals surface area contributed by atoms with Crippen LogP contribution in [-0.4, -0.2) is 18.5 Å². The van der Waals surface area contributed by atoms with Crippen LogP contribution in [0.3, 0.4) is 0 Å². The maximum Gasteiger partial charge on any atom is 0.338 e. The lowest BCUT2D eigenvalue weighted by Gasteiger charge is -2.07. The van der Waals surface area contributed by atoms with Crippen molar-refractivity contribution in [3.05, 3.63) is 109 Å². The number of carbonyl (C=O) groups is 2. The highest BCUT2D eigenvalue weighted by atomic mass is 16.5. The fraction of sp³-hybridized carbons (Fsp3) is 0.133. The zero-order valence-electron chi connectivity index (χ0n) is 19.5. The molecule has 3 aromatic rings. The van der Waals surface area contributed by atoms with Crippen LogP contribution in [-0.2, 0) is 14.3 Å². The Kier molecular flexibility index (Phi) is 8.36. The molecular weight excluding hydrogens is 424 g/mol. The average Bonchev–Trinajstić information content (AvgIpc) is 2.84. The molecule has 0 aliphatic carbocycles. The largest absolute Gasteiger partial charge is 0.462 e. The summed E-state index contributed by atoms with van der Waals surface area (Å²) in [5.41, 5.74) is 6.22. The Labute approximate surface area is 200 Å². The standard InChI is InChI=1S/C30H28O4/c1-21(2)29(31)33-20-6-5-7-23-8-10-24(11-9-23)25-12-14-26(15-13-25)27-16-18-28(19-17-27)34-30(32)22(3)4/h5,7-19H,1,3,6,20H2,2,4H3. The Morgan fingerprint density at radius 1 is 0.706 bits per heavy atom. The molecule has 0 bridgehead atoms. The molecule has 0 aromatic heterocycles. The van der Waals surface area contributed by atoms with Crippen LogP contribution in [0.25, 0.3) is 28.3 Å². The van der Waals surface area contributed by atoms with Crippen molar-refractivity contribution in [2.75, 3.05) is 6.61 Å². The SMILES string of the molecule is C=C(C)C(=O)OCCC=Cc1ccc(-c2ccc(-c3ccc(OC(=O)C(=C)C)cc3)cc2)cc1. The van der Waals surface area contributed by atoms with Crippen molar-refractivity contribution in [2.24, 2.45) is 0 Å². The summed E-state index contributed by atoms with van der Waals surface area (Å²) in [5, 5.41) is 0. The lowest BCUT2D eigenvalue weighted by molar-refractivity contribution is -0.138. The van der Waals surface area contributed by atoms with Crippen LogP contribution in [0, 0.1) is 0 Å². The van der Waals surface area contributed by atoms with Crippen molar-refractivity contribution >= 4 is 18.0 Å². The van der Waals surface area contributed by atoms with E-state index in [1.165, 1.54) is 0 Å². The molecule has 4 heteroatoms. The van der Waals surface area contributed by atoms with Crippen LogP contribution >= 0.6 is 0 Å². The first kappa shape index (κ1) is 24.5. The minimum atomic E-state index is -0.428. The molecule has 0 saturated carbocycles. The average molecular weight is 453 g/mol. The molecule has 0 fully saturated rings. The third kappa shape index (κ3) is 6.91. The predicted octanol–water partition coefficient (Wildman–Crippen LogP) is 7.02. The van der Waals surface area contributed by atoms with Gasteiger partial charge >= 0.3 is 11.9 Å². The van der Waals surface area contributed by atoms with Gasteiger partial charge < -0.3 is 9.47 Å². The number of rotatable bonds is 9. The zero-order valence-corrected chi connectivity index (χ0v) is 19.5. The second-order valence-corrected chi connectivity index (χ2v) is 8.00. The molecule has 0 atom stereocenters. The van der Waals surface area contributed by atoms with Crippen LogP contribution in [0.2, 0.25) is 0 Å². The molecule has 0 N–H and O–H groups in total. The van der Waals surface area contributed by atoms with Gasteiger partial charge in [0, 0.05) is 11.1 Å². The van der Waals surface area contributed by atoms with Crippen LogP contribution < -0.4 is 4.74 Å². The summed E-state index contributed by atoms with van der Waals surface area (Å²) < 4.78 is 10.3. The van der Waals surface area contributed by atoms with Crippen LogP contribution in [0.4, 0.5) is 0 Å². The number of hydrogen-bond donors (Lipinski definition) is 0. The molecule has 3 aromatic carbocycles. The minimum Gasteiger partial charge on any atom is -0.462 e. The third-order valence-corrected chi connectivity index (χ3v) is 5.05. The fourth-order valence-corrected chi connectivity index (χ4v) is 3.11. The van der Waals surface area contributed by atoms with E-state index in [1.54, 1.807) is 26.0 Å². The van der Waals surface area contributed by atoms with Crippen LogP contribution in [0.1, 0.15) is 25.8 Å². The lowest BCUT2D eigenvalue weighted by atomic mass is 9.99. The molecule has 3 rings (SSSR count). The number of carbonyl (C=O) groups excluding carboxylic acids is 2. The monoisotopic (exact) mass is 452 g/mol. The van der Waals surface area contributed by atoms with E-state index in [0.717, 1.165) is 27.8 Å². The number of ether oxygens (including phenoxy) is 2. The van der Waals surface area contributed by atoms with Crippen LogP contribution in [0.5, 0.6) is 5.75 Å². The maximum atomic E-state index is 11.6. The summed E-state index contributed by atoms with van der Waals surface area (Å²) in [6, 6.07) is 24.0. The molecule has 0 amide bonds. The molecule has 0 aliphatic heterocycles. The lowest BCUT2D eigenvalue weighted by Crippen LogP contribution is -2.07. The van der Waals surface area contributed by atoms with Gasteiger partial charge in [-0.05, 0) is 60.2 Å². The molecular formula is C30H28O4. The molecule has 0 heterocycles. The van der Waals surface area contributed by atoms with E-state index in [-0.39, 0.29) is 5.97 Å². The van der Waals surface area contributed by atoms with Crippen LogP contribution in [0.15, 0.2) is 103 Å². The summed E-state index contributed by atoms with van der Waals surface area (Å²) in [6.45, 7) is 10.7. The van der Waals surface area contributed by atoms with Gasteiger partial charge in [-0.15, -0.1) is 0 Å². The topological polar surface area (TPSA) is 52.6 Å². The summed E-state index contributed by atoms with van der Waals surface area (Å²) in [4.78, 5) is 23.0. The van der Waals surface area contributed by atoms with Gasteiger partial charge in [0.25, 0.3) is 0 Å². The van der Waals surface area contributed by atoms with E-state index in [9.17, 15) is 9.59 Å². The van der Waals surface area contributed by atoms with Crippen molar-refractivity contribution in [1.29, 1.82) is 0 Å². The quantitative estimate of drug-likeness (QED) is 0.151. The first-order valence-electron chi connectivity index (χ1n) is 11.0. The summed E-state index contributed by atoms with van der Waals surface area (Å²) in [5.74, 6) is -0.289. The van der Waals surface area contributed by atoms with Gasteiger partial charge in [-0.25, -0.2) is 9.59 Å². The molecule has 0 radical (unpaired) electrons. The summed E-state index contributed by atoms with van der Waals surface area (Å²) in [6.07, 6.45) is 4.65. The predicted molar refractivity (Wildman–Crippen MR) is 137 cm³/mol. The van der Waals surface area contributed by atoms with Gasteiger partial charge in [0.2, 0.25) is 0 Å². The van der Waals surface area contributed by atoms with Crippen molar-refractivity contribution in [1.82, 2.24) is 0 Å². The number of esters is 2. The van der Waals surface area contributed by atoms with E-state index in [1.807, 2.05) is 24.3 Å². The minimum absolute atomic E-state index is 0.342. The normalized spacial score (nSPS) is 10.6. The Morgan fingerprint density at radius 2 is 1.15 bits per heavy atom. The highest BCUT2D eigenvalue weighted by Crippen LogP contribution is 2.27. The van der Waals surface area contributed by atoms with Crippen molar-refractivity contribution < 1.29 is 19.1 Å². The van der Waals surface area contributed by atoms with Crippen molar-refractivity contribution in [2.45, 2.75) is 20.3 Å². The third-order valence-electron chi connectivity index (χ3n) is 5.05. The van der Waals surface area contributed by atoms with E-state index >= 15 is 0 Å². The zero-order chi connectivity index (χ0) is 24.5. The smallest absolute Gasteiger partial charge is 0.338 e. The van der Waals surface area contributed by atoms with E-state index in [4.69, 9.17) is 9.47 Å². The van der Waals surface area contributed by atoms with Gasteiger partial charge in [-0.2, -0.15) is 0 Å². The summed E-state index contributed by atoms with van der Waals surface area (Å²) >= 11 is 0. The number of benzene rings is 3. The van der Waals surface area contributed by atoms with E-state index in [2.05, 4.69) is 61.7 Å². The molecule has 0 unspecified atom stereocenters. The molecule has 0 saturated heterocycles. The fourth-order valence-electron chi connectivity index (χ4n) is 3.11. The summed E-state index contributed by atoms with van der Waals surface area (Å²) in [7, 11) is 0. The Bertz CT molecular complexity index is 1200. The second-order valence-electron chi connectivity index (χ2n) is 8.00. The first-order chi connectivity index (χ1) is 16.3. The van der Waals surface area contributed by atoms with Gasteiger partial charge in [-0.3, -0.25) is 0 Å². The Morgan fingerprint density at radius 3 is 1.62 bits per heavy atom. The maximum absolute atomic E-state index is 11.6. The Balaban J connectivity index is 1.57. The molecule has 4 nitrogen and oxygen atoms in total. The number of hydrogen-bond acceptors (Lipinski definition) is 4. The van der Waals surface area contributed by atoms with Gasteiger partial charge in [-0.1, -0.05) is 86.0 Å².